The topological polar surface area (TPSA) is 67.4 Å². The largest absolute Gasteiger partial charge is 0.381 e. The van der Waals surface area contributed by atoms with Gasteiger partial charge < -0.3 is 10.1 Å². The van der Waals surface area contributed by atoms with E-state index in [9.17, 15) is 12.8 Å². The minimum Gasteiger partial charge on any atom is -0.381 e. The molecule has 0 radical (unpaired) electrons. The number of hydrogen-bond donors (Lipinski definition) is 2. The van der Waals surface area contributed by atoms with Gasteiger partial charge >= 0.3 is 0 Å². The maximum absolute atomic E-state index is 14.4. The fraction of sp³-hybridized carbons (Fsp3) is 1.00. The van der Waals surface area contributed by atoms with Gasteiger partial charge in [0.25, 0.3) is 0 Å². The quantitative estimate of drug-likeness (QED) is 0.778. The van der Waals surface area contributed by atoms with Crippen molar-refractivity contribution in [3.05, 3.63) is 0 Å². The molecule has 0 aromatic rings. The van der Waals surface area contributed by atoms with E-state index in [0.29, 0.717) is 25.2 Å². The average Bonchev–Trinajstić information content (AvgIpc) is 3.07. The first-order valence-corrected chi connectivity index (χ1v) is 11.3. The standard InChI is InChI=1S/C17H31FN2O3S/c1-24(21,22)14-4-2-13(3-5-14)17-15(18)6-7-16(20-17)19-10-12-8-9-23-11-12/h12-17,19-20H,2-11H2,1H3. The predicted octanol–water partition coefficient (Wildman–Crippen LogP) is 1.63. The van der Waals surface area contributed by atoms with E-state index in [1.54, 1.807) is 0 Å². The lowest BCUT2D eigenvalue weighted by atomic mass is 9.79. The van der Waals surface area contributed by atoms with Crippen LogP contribution in [0.3, 0.4) is 0 Å². The zero-order chi connectivity index (χ0) is 17.2. The van der Waals surface area contributed by atoms with E-state index < -0.39 is 16.0 Å². The van der Waals surface area contributed by atoms with E-state index in [1.165, 1.54) is 6.26 Å². The number of halogens is 1. The summed E-state index contributed by atoms with van der Waals surface area (Å²) in [5.74, 6) is 0.816. The molecular formula is C17H31FN2O3S. The first kappa shape index (κ1) is 18.5. The molecule has 24 heavy (non-hydrogen) atoms. The van der Waals surface area contributed by atoms with Crippen LogP contribution in [0.2, 0.25) is 0 Å². The molecule has 0 spiro atoms. The van der Waals surface area contributed by atoms with Crippen LogP contribution in [0.25, 0.3) is 0 Å². The van der Waals surface area contributed by atoms with Gasteiger partial charge in [0, 0.05) is 25.4 Å². The van der Waals surface area contributed by atoms with Crippen LogP contribution in [0.1, 0.15) is 44.9 Å². The molecule has 4 unspecified atom stereocenters. The second-order valence-electron chi connectivity index (χ2n) is 7.84. The highest BCUT2D eigenvalue weighted by molar-refractivity contribution is 7.91. The van der Waals surface area contributed by atoms with Crippen molar-refractivity contribution in [3.8, 4) is 0 Å². The molecule has 3 aliphatic rings. The fourth-order valence-electron chi connectivity index (χ4n) is 4.45. The number of piperidine rings is 1. The SMILES string of the molecule is CS(=O)(=O)C1CCC(C2NC(NCC3CCOC3)CCC2F)CC1. The highest BCUT2D eigenvalue weighted by atomic mass is 32.2. The van der Waals surface area contributed by atoms with Crippen LogP contribution >= 0.6 is 0 Å². The third-order valence-corrected chi connectivity index (χ3v) is 7.71. The molecule has 0 amide bonds. The van der Waals surface area contributed by atoms with Gasteiger partial charge in [0.05, 0.1) is 18.0 Å². The van der Waals surface area contributed by atoms with Crippen LogP contribution in [0, 0.1) is 11.8 Å². The Hall–Kier alpha value is -0.240. The third kappa shape index (κ3) is 4.68. The summed E-state index contributed by atoms with van der Waals surface area (Å²) < 4.78 is 43.2. The minimum atomic E-state index is -2.96. The van der Waals surface area contributed by atoms with Crippen LogP contribution in [-0.4, -0.2) is 58.1 Å². The molecule has 4 atom stereocenters. The van der Waals surface area contributed by atoms with E-state index in [4.69, 9.17) is 4.74 Å². The van der Waals surface area contributed by atoms with Crippen LogP contribution in [0.4, 0.5) is 4.39 Å². The normalized spacial score (nSPS) is 41.4. The Morgan fingerprint density at radius 1 is 1.12 bits per heavy atom. The lowest BCUT2D eigenvalue weighted by Crippen LogP contribution is -2.58. The van der Waals surface area contributed by atoms with Gasteiger partial charge in [-0.1, -0.05) is 0 Å². The summed E-state index contributed by atoms with van der Waals surface area (Å²) in [4.78, 5) is 0. The fourth-order valence-corrected chi connectivity index (χ4v) is 5.58. The molecule has 3 fully saturated rings. The van der Waals surface area contributed by atoms with Crippen molar-refractivity contribution in [2.24, 2.45) is 11.8 Å². The number of ether oxygens (including phenoxy) is 1. The van der Waals surface area contributed by atoms with Gasteiger partial charge in [-0.05, 0) is 56.8 Å². The molecule has 7 heteroatoms. The second-order valence-corrected chi connectivity index (χ2v) is 10.2. The number of hydrogen-bond acceptors (Lipinski definition) is 5. The Balaban J connectivity index is 1.49. The molecule has 0 bridgehead atoms. The average molecular weight is 363 g/mol. The van der Waals surface area contributed by atoms with Gasteiger partial charge in [0.2, 0.25) is 0 Å². The molecule has 2 heterocycles. The number of nitrogens with one attached hydrogen (secondary N) is 2. The van der Waals surface area contributed by atoms with Crippen molar-refractivity contribution in [1.29, 1.82) is 0 Å². The third-order valence-electron chi connectivity index (χ3n) is 6.02. The summed E-state index contributed by atoms with van der Waals surface area (Å²) >= 11 is 0. The highest BCUT2D eigenvalue weighted by Gasteiger charge is 2.38. The molecule has 140 valence electrons. The van der Waals surface area contributed by atoms with E-state index in [2.05, 4.69) is 10.6 Å². The lowest BCUT2D eigenvalue weighted by molar-refractivity contribution is 0.0969. The first-order chi connectivity index (χ1) is 11.4. The van der Waals surface area contributed by atoms with Crippen LogP contribution < -0.4 is 10.6 Å². The highest BCUT2D eigenvalue weighted by Crippen LogP contribution is 2.34. The summed E-state index contributed by atoms with van der Waals surface area (Å²) in [6.07, 6.45) is 6.11. The summed E-state index contributed by atoms with van der Waals surface area (Å²) in [6, 6.07) is -0.142. The zero-order valence-electron chi connectivity index (χ0n) is 14.5. The van der Waals surface area contributed by atoms with Crippen molar-refractivity contribution in [3.63, 3.8) is 0 Å². The van der Waals surface area contributed by atoms with E-state index >= 15 is 0 Å². The maximum atomic E-state index is 14.4. The first-order valence-electron chi connectivity index (χ1n) is 9.33. The second kappa shape index (κ2) is 7.98. The molecule has 2 saturated heterocycles. The van der Waals surface area contributed by atoms with Gasteiger partial charge in [0.15, 0.2) is 0 Å². The number of rotatable bonds is 5. The van der Waals surface area contributed by atoms with Crippen molar-refractivity contribution < 1.29 is 17.5 Å². The van der Waals surface area contributed by atoms with Gasteiger partial charge in [0.1, 0.15) is 16.0 Å². The molecule has 2 aliphatic heterocycles. The molecule has 1 saturated carbocycles. The predicted molar refractivity (Wildman–Crippen MR) is 92.4 cm³/mol. The monoisotopic (exact) mass is 362 g/mol. The van der Waals surface area contributed by atoms with E-state index in [-0.39, 0.29) is 23.4 Å². The van der Waals surface area contributed by atoms with Gasteiger partial charge in [-0.3, -0.25) is 5.32 Å². The van der Waals surface area contributed by atoms with Gasteiger partial charge in [-0.2, -0.15) is 0 Å². The van der Waals surface area contributed by atoms with Gasteiger partial charge in [-0.25, -0.2) is 12.8 Å². The zero-order valence-corrected chi connectivity index (χ0v) is 15.4. The molecule has 1 aliphatic carbocycles. The van der Waals surface area contributed by atoms with E-state index in [1.807, 2.05) is 0 Å². The summed E-state index contributed by atoms with van der Waals surface area (Å²) in [7, 11) is -2.96. The minimum absolute atomic E-state index is 0.142. The number of alkyl halides is 1. The van der Waals surface area contributed by atoms with Crippen LogP contribution in [0.5, 0.6) is 0 Å². The van der Waals surface area contributed by atoms with Crippen molar-refractivity contribution >= 4 is 9.84 Å². The molecule has 5 nitrogen and oxygen atoms in total. The maximum Gasteiger partial charge on any atom is 0.150 e. The molecule has 2 N–H and O–H groups in total. The molecule has 3 rings (SSSR count). The Labute approximate surface area is 145 Å². The lowest BCUT2D eigenvalue weighted by Gasteiger charge is -2.41. The Kier molecular flexibility index (Phi) is 6.16. The van der Waals surface area contributed by atoms with Gasteiger partial charge in [-0.15, -0.1) is 0 Å². The van der Waals surface area contributed by atoms with Crippen molar-refractivity contribution in [2.75, 3.05) is 26.0 Å². The smallest absolute Gasteiger partial charge is 0.150 e. The van der Waals surface area contributed by atoms with Crippen molar-refractivity contribution in [1.82, 2.24) is 10.6 Å². The summed E-state index contributed by atoms with van der Waals surface area (Å²) in [6.45, 7) is 2.59. The van der Waals surface area contributed by atoms with Crippen molar-refractivity contribution in [2.45, 2.75) is 68.6 Å². The molecular weight excluding hydrogens is 331 g/mol. The Morgan fingerprint density at radius 2 is 1.88 bits per heavy atom. The van der Waals surface area contributed by atoms with Crippen LogP contribution in [0.15, 0.2) is 0 Å². The molecule has 0 aromatic heterocycles. The Bertz CT molecular complexity index is 502. The summed E-state index contributed by atoms with van der Waals surface area (Å²) in [5.41, 5.74) is 0. The van der Waals surface area contributed by atoms with E-state index in [0.717, 1.165) is 45.4 Å². The Morgan fingerprint density at radius 3 is 2.50 bits per heavy atom. The van der Waals surface area contributed by atoms with Crippen LogP contribution in [-0.2, 0) is 14.6 Å². The summed E-state index contributed by atoms with van der Waals surface area (Å²) in [5, 5.41) is 6.78. The number of sulfone groups is 1. The molecule has 0 aromatic carbocycles.